The van der Waals surface area contributed by atoms with Crippen LogP contribution in [0, 0.1) is 0 Å². The highest BCUT2D eigenvalue weighted by atomic mass is 16.6. The number of aliphatic imine (C=N–C) groups is 1. The van der Waals surface area contributed by atoms with E-state index in [4.69, 9.17) is 19.2 Å². The van der Waals surface area contributed by atoms with Crippen molar-refractivity contribution >= 4 is 17.7 Å². The topological polar surface area (TPSA) is 118 Å². The summed E-state index contributed by atoms with van der Waals surface area (Å²) < 4.78 is 17.0. The lowest BCUT2D eigenvalue weighted by Crippen LogP contribution is -2.51. The zero-order chi connectivity index (χ0) is 28.0. The molecule has 2 aliphatic rings. The van der Waals surface area contributed by atoms with Gasteiger partial charge in [0.25, 0.3) is 0 Å². The highest BCUT2D eigenvalue weighted by Gasteiger charge is 2.42. The molecule has 2 atom stereocenters. The number of ketones is 1. The van der Waals surface area contributed by atoms with Gasteiger partial charge in [-0.15, -0.1) is 0 Å². The van der Waals surface area contributed by atoms with Crippen LogP contribution >= 0.6 is 0 Å². The lowest BCUT2D eigenvalue weighted by molar-refractivity contribution is -0.149. The molecule has 0 saturated heterocycles. The van der Waals surface area contributed by atoms with Crippen LogP contribution in [-0.2, 0) is 27.3 Å². The third kappa shape index (κ3) is 6.78. The highest BCUT2D eigenvalue weighted by molar-refractivity contribution is 5.98. The number of hydroxylamine groups is 1. The third-order valence-electron chi connectivity index (χ3n) is 8.10. The summed E-state index contributed by atoms with van der Waals surface area (Å²) in [4.78, 5) is 29.3. The maximum Gasteiger partial charge on any atom is 0.407 e. The van der Waals surface area contributed by atoms with Crippen molar-refractivity contribution in [1.29, 1.82) is 0 Å². The maximum absolute atomic E-state index is 12.3. The summed E-state index contributed by atoms with van der Waals surface area (Å²) in [6.07, 6.45) is 3.57. The van der Waals surface area contributed by atoms with Crippen LogP contribution in [0.1, 0.15) is 69.6 Å². The zero-order valence-corrected chi connectivity index (χ0v) is 23.2. The molecule has 0 bridgehead atoms. The number of nitrogens with one attached hydrogen (secondary N) is 2. The second kappa shape index (κ2) is 12.2. The van der Waals surface area contributed by atoms with Crippen LogP contribution in [0.25, 0.3) is 0 Å². The first kappa shape index (κ1) is 28.6. The van der Waals surface area contributed by atoms with E-state index in [1.807, 2.05) is 48.5 Å². The second-order valence-corrected chi connectivity index (χ2v) is 10.9. The average molecular weight is 538 g/mol. The Bertz CT molecular complexity index is 1190. The number of rotatable bonds is 8. The number of methoxy groups -OCH3 is 1. The predicted octanol–water partition coefficient (Wildman–Crippen LogP) is 4.73. The molecule has 39 heavy (non-hydrogen) atoms. The standard InChI is InChI=1S/C30H39N3O6/c1-20(34)30(3,37-4)26-13-11-22-18-23(10-12-25(22)39-26)27(33-36)32-29(2)16-14-24(15-17-29)31-28(35)38-19-21-8-6-5-7-9-21/h5-10,12,18,24,26,36H,11,13-17,19H2,1-4H3,(H,31,35)(H,32,33)/t24?,26-,29?,30-/m1/s1. The van der Waals surface area contributed by atoms with E-state index in [9.17, 15) is 14.8 Å². The first-order valence-corrected chi connectivity index (χ1v) is 13.5. The maximum atomic E-state index is 12.3. The molecule has 0 aromatic heterocycles. The Hall–Kier alpha value is -3.43. The molecule has 0 unspecified atom stereocenters. The Morgan fingerprint density at radius 3 is 2.51 bits per heavy atom. The molecule has 3 N–H and O–H groups in total. The van der Waals surface area contributed by atoms with E-state index in [0.717, 1.165) is 42.4 Å². The summed E-state index contributed by atoms with van der Waals surface area (Å²) in [5.41, 5.74) is 3.58. The van der Waals surface area contributed by atoms with Gasteiger partial charge in [-0.25, -0.2) is 4.79 Å². The van der Waals surface area contributed by atoms with Gasteiger partial charge in [-0.05, 0) is 88.6 Å². The molecule has 2 aromatic rings. The van der Waals surface area contributed by atoms with Crippen molar-refractivity contribution in [2.75, 3.05) is 7.11 Å². The molecule has 1 aliphatic carbocycles. The van der Waals surface area contributed by atoms with Crippen LogP contribution in [-0.4, -0.2) is 53.3 Å². The van der Waals surface area contributed by atoms with Gasteiger partial charge >= 0.3 is 6.09 Å². The van der Waals surface area contributed by atoms with Crippen molar-refractivity contribution in [3.05, 3.63) is 65.2 Å². The number of hydrogen-bond acceptors (Lipinski definition) is 7. The van der Waals surface area contributed by atoms with E-state index in [0.29, 0.717) is 24.4 Å². The van der Waals surface area contributed by atoms with Crippen LogP contribution in [0.3, 0.4) is 0 Å². The smallest absolute Gasteiger partial charge is 0.407 e. The lowest BCUT2D eigenvalue weighted by Gasteiger charge is -2.37. The minimum atomic E-state index is -1.00. The number of alkyl carbamates (subject to hydrolysis) is 1. The van der Waals surface area contributed by atoms with Gasteiger partial charge in [0.15, 0.2) is 17.2 Å². The van der Waals surface area contributed by atoms with Crippen molar-refractivity contribution in [2.45, 2.75) is 89.2 Å². The van der Waals surface area contributed by atoms with Gasteiger partial charge in [-0.1, -0.05) is 30.3 Å². The average Bonchev–Trinajstić information content (AvgIpc) is 2.95. The summed E-state index contributed by atoms with van der Waals surface area (Å²) in [7, 11) is 1.53. The number of fused-ring (bicyclic) bond motifs is 1. The molecule has 1 heterocycles. The molecule has 1 amide bonds. The number of carbonyl (C=O) groups excluding carboxylic acids is 2. The molecule has 1 fully saturated rings. The fourth-order valence-electron chi connectivity index (χ4n) is 5.28. The van der Waals surface area contributed by atoms with E-state index in [1.165, 1.54) is 14.0 Å². The van der Waals surface area contributed by atoms with Gasteiger partial charge in [0.05, 0.1) is 5.54 Å². The molecule has 9 heteroatoms. The number of amides is 1. The predicted molar refractivity (Wildman–Crippen MR) is 147 cm³/mol. The summed E-state index contributed by atoms with van der Waals surface area (Å²) in [5.74, 6) is 1.02. The Kier molecular flexibility index (Phi) is 8.92. The Labute approximate surface area is 229 Å². The second-order valence-electron chi connectivity index (χ2n) is 10.9. The van der Waals surface area contributed by atoms with Gasteiger partial charge in [-0.3, -0.25) is 20.5 Å². The van der Waals surface area contributed by atoms with E-state index < -0.39 is 17.2 Å². The number of Topliss-reactive ketones (excluding diaryl/α,β-unsaturated/α-hetero) is 1. The van der Waals surface area contributed by atoms with Crippen LogP contribution in [0.15, 0.2) is 53.5 Å². The van der Waals surface area contributed by atoms with Gasteiger partial charge in [0, 0.05) is 18.7 Å². The van der Waals surface area contributed by atoms with E-state index in [-0.39, 0.29) is 24.5 Å². The number of amidine groups is 1. The van der Waals surface area contributed by atoms with Crippen LogP contribution in [0.4, 0.5) is 4.79 Å². The molecule has 2 aromatic carbocycles. The molecular formula is C30H39N3O6. The van der Waals surface area contributed by atoms with Gasteiger partial charge in [-0.2, -0.15) is 0 Å². The molecular weight excluding hydrogens is 498 g/mol. The molecule has 4 rings (SSSR count). The number of benzene rings is 2. The van der Waals surface area contributed by atoms with E-state index in [1.54, 1.807) is 6.92 Å². The summed E-state index contributed by atoms with van der Waals surface area (Å²) in [6, 6.07) is 15.3. The number of aryl methyl sites for hydroxylation is 1. The number of hydrogen-bond donors (Lipinski definition) is 3. The van der Waals surface area contributed by atoms with Crippen LogP contribution in [0.5, 0.6) is 5.75 Å². The summed E-state index contributed by atoms with van der Waals surface area (Å²) in [5, 5.41) is 12.9. The molecule has 9 nitrogen and oxygen atoms in total. The van der Waals surface area contributed by atoms with Crippen molar-refractivity contribution in [3.63, 3.8) is 0 Å². The SMILES string of the molecule is CO[C@](C)(C(C)=O)[C@H]1CCc2cc(C(=NC3(C)CCC(NC(=O)OCc4ccccc4)CC3)NO)ccc2O1. The Morgan fingerprint density at radius 2 is 1.87 bits per heavy atom. The van der Waals surface area contributed by atoms with Gasteiger partial charge < -0.3 is 19.5 Å². The van der Waals surface area contributed by atoms with Crippen molar-refractivity contribution in [2.24, 2.45) is 4.99 Å². The minimum absolute atomic E-state index is 0.0173. The number of ether oxygens (including phenoxy) is 3. The van der Waals surface area contributed by atoms with Crippen LogP contribution in [0.2, 0.25) is 0 Å². The highest BCUT2D eigenvalue weighted by Crippen LogP contribution is 2.35. The quantitative estimate of drug-likeness (QED) is 0.253. The van der Waals surface area contributed by atoms with E-state index in [2.05, 4.69) is 17.7 Å². The normalized spacial score (nSPS) is 24.5. The monoisotopic (exact) mass is 537 g/mol. The molecule has 1 saturated carbocycles. The molecule has 210 valence electrons. The fraction of sp³-hybridized carbons (Fsp3) is 0.500. The van der Waals surface area contributed by atoms with Gasteiger partial charge in [0.1, 0.15) is 18.5 Å². The minimum Gasteiger partial charge on any atom is -0.487 e. The summed E-state index contributed by atoms with van der Waals surface area (Å²) in [6.45, 7) is 5.58. The molecule has 0 spiro atoms. The summed E-state index contributed by atoms with van der Waals surface area (Å²) >= 11 is 0. The van der Waals surface area contributed by atoms with Gasteiger partial charge in [0.2, 0.25) is 0 Å². The molecule has 1 aliphatic heterocycles. The largest absolute Gasteiger partial charge is 0.487 e. The molecule has 0 radical (unpaired) electrons. The lowest BCUT2D eigenvalue weighted by atomic mass is 9.81. The van der Waals surface area contributed by atoms with Crippen molar-refractivity contribution < 1.29 is 29.0 Å². The Balaban J connectivity index is 1.36. The number of nitrogens with zero attached hydrogens (tertiary/aromatic N) is 1. The fourth-order valence-corrected chi connectivity index (χ4v) is 5.28. The zero-order valence-electron chi connectivity index (χ0n) is 23.2. The Morgan fingerprint density at radius 1 is 1.15 bits per heavy atom. The van der Waals surface area contributed by atoms with Crippen molar-refractivity contribution in [3.8, 4) is 5.75 Å². The number of carbonyl (C=O) groups is 2. The van der Waals surface area contributed by atoms with Crippen molar-refractivity contribution in [1.82, 2.24) is 10.8 Å². The van der Waals surface area contributed by atoms with E-state index >= 15 is 0 Å². The van der Waals surface area contributed by atoms with Crippen LogP contribution < -0.4 is 15.5 Å². The third-order valence-corrected chi connectivity index (χ3v) is 8.10. The first-order valence-electron chi connectivity index (χ1n) is 13.5. The first-order chi connectivity index (χ1) is 18.7.